The highest BCUT2D eigenvalue weighted by molar-refractivity contribution is 7.09. The second-order valence-electron chi connectivity index (χ2n) is 5.72. The Balaban J connectivity index is 1.63. The molecule has 98 valence electrons. The van der Waals surface area contributed by atoms with Crippen molar-refractivity contribution >= 4 is 17.2 Å². The highest BCUT2D eigenvalue weighted by Crippen LogP contribution is 2.35. The van der Waals surface area contributed by atoms with E-state index in [-0.39, 0.29) is 11.4 Å². The molecule has 1 heterocycles. The Labute approximate surface area is 112 Å². The number of nitrogens with zero attached hydrogens (tertiary/aromatic N) is 1. The van der Waals surface area contributed by atoms with Crippen LogP contribution >= 0.6 is 11.3 Å². The molecule has 0 radical (unpaired) electrons. The maximum atomic E-state index is 12.4. The van der Waals surface area contributed by atoms with E-state index in [4.69, 9.17) is 5.73 Å². The average molecular weight is 264 g/mol. The zero-order valence-corrected chi connectivity index (χ0v) is 11.4. The van der Waals surface area contributed by atoms with Crippen LogP contribution in [0, 0.1) is 0 Å². The molecular weight excluding hydrogens is 244 g/mol. The molecule has 0 spiro atoms. The van der Waals surface area contributed by atoms with Crippen LogP contribution in [0.1, 0.15) is 43.4 Å². The lowest BCUT2D eigenvalue weighted by Crippen LogP contribution is -2.50. The van der Waals surface area contributed by atoms with E-state index < -0.39 is 0 Å². The first-order chi connectivity index (χ1) is 8.66. The minimum Gasteiger partial charge on any atom is -0.335 e. The monoisotopic (exact) mass is 264 g/mol. The highest BCUT2D eigenvalue weighted by atomic mass is 32.1. The van der Waals surface area contributed by atoms with Crippen molar-refractivity contribution in [1.29, 1.82) is 0 Å². The molecule has 0 aromatic carbocycles. The van der Waals surface area contributed by atoms with Crippen LogP contribution in [0.3, 0.4) is 0 Å². The molecule has 0 atom stereocenters. The number of nitrogens with two attached hydrogens (primary N) is 1. The lowest BCUT2D eigenvalue weighted by Gasteiger charge is -2.39. The number of hydrogen-bond acceptors (Lipinski definition) is 3. The smallest absolute Gasteiger partial charge is 0.224 e. The zero-order chi connectivity index (χ0) is 12.6. The summed E-state index contributed by atoms with van der Waals surface area (Å²) in [5.74, 6) is 0.258. The van der Waals surface area contributed by atoms with Crippen LogP contribution in [0.2, 0.25) is 0 Å². The quantitative estimate of drug-likeness (QED) is 0.888. The van der Waals surface area contributed by atoms with Gasteiger partial charge in [-0.25, -0.2) is 0 Å². The summed E-state index contributed by atoms with van der Waals surface area (Å²) in [5.41, 5.74) is 6.00. The predicted octanol–water partition coefficient (Wildman–Crippen LogP) is 2.51. The molecule has 2 aliphatic carbocycles. The van der Waals surface area contributed by atoms with Crippen molar-refractivity contribution in [2.45, 2.75) is 56.7 Å². The molecule has 2 aliphatic rings. The zero-order valence-electron chi connectivity index (χ0n) is 10.6. The molecule has 1 aromatic heterocycles. The second kappa shape index (κ2) is 4.67. The van der Waals surface area contributed by atoms with E-state index in [1.165, 1.54) is 11.3 Å². The van der Waals surface area contributed by atoms with Crippen molar-refractivity contribution in [3.05, 3.63) is 22.4 Å². The number of rotatable bonds is 5. The molecule has 4 heteroatoms. The third-order valence-electron chi connectivity index (χ3n) is 4.07. The van der Waals surface area contributed by atoms with Gasteiger partial charge in [-0.2, -0.15) is 0 Å². The van der Waals surface area contributed by atoms with Gasteiger partial charge in [-0.1, -0.05) is 6.07 Å². The second-order valence-corrected chi connectivity index (χ2v) is 6.76. The molecule has 3 rings (SSSR count). The molecule has 1 aromatic rings. The fraction of sp³-hybridized carbons (Fsp3) is 0.643. The van der Waals surface area contributed by atoms with Gasteiger partial charge in [0, 0.05) is 22.9 Å². The standard InChI is InChI=1S/C14H20N2OS/c15-14(6-2-7-14)9-13(17)16(11-4-5-11)10-12-3-1-8-18-12/h1,3,8,11H,2,4-7,9-10,15H2. The lowest BCUT2D eigenvalue weighted by atomic mass is 9.75. The van der Waals surface area contributed by atoms with Crippen LogP contribution in [0.25, 0.3) is 0 Å². The summed E-state index contributed by atoms with van der Waals surface area (Å²) in [6.07, 6.45) is 6.06. The average Bonchev–Trinajstić information content (AvgIpc) is 3.01. The van der Waals surface area contributed by atoms with Crippen LogP contribution in [0.15, 0.2) is 17.5 Å². The van der Waals surface area contributed by atoms with Gasteiger partial charge >= 0.3 is 0 Å². The molecule has 0 aliphatic heterocycles. The summed E-state index contributed by atoms with van der Waals surface area (Å²) in [4.78, 5) is 15.7. The SMILES string of the molecule is NC1(CC(=O)N(Cc2cccs2)C2CC2)CCC1. The molecular formula is C14H20N2OS. The molecule has 2 saturated carbocycles. The maximum absolute atomic E-state index is 12.4. The topological polar surface area (TPSA) is 46.3 Å². The molecule has 0 unspecified atom stereocenters. The number of hydrogen-bond donors (Lipinski definition) is 1. The van der Waals surface area contributed by atoms with Gasteiger partial charge in [-0.3, -0.25) is 4.79 Å². The van der Waals surface area contributed by atoms with Gasteiger partial charge in [0.1, 0.15) is 0 Å². The third kappa shape index (κ3) is 2.59. The fourth-order valence-corrected chi connectivity index (χ4v) is 3.29. The molecule has 2 fully saturated rings. The van der Waals surface area contributed by atoms with E-state index in [1.807, 2.05) is 6.07 Å². The van der Waals surface area contributed by atoms with Crippen molar-refractivity contribution in [3.63, 3.8) is 0 Å². The van der Waals surface area contributed by atoms with Gasteiger partial charge in [0.05, 0.1) is 6.54 Å². The first-order valence-corrected chi connectivity index (χ1v) is 7.65. The van der Waals surface area contributed by atoms with Gasteiger partial charge < -0.3 is 10.6 Å². The summed E-state index contributed by atoms with van der Waals surface area (Å²) >= 11 is 1.73. The van der Waals surface area contributed by atoms with Crippen molar-refractivity contribution in [2.75, 3.05) is 0 Å². The first kappa shape index (κ1) is 12.2. The van der Waals surface area contributed by atoms with Gasteiger partial charge in [-0.15, -0.1) is 11.3 Å². The summed E-state index contributed by atoms with van der Waals surface area (Å²) in [6, 6.07) is 4.63. The van der Waals surface area contributed by atoms with Crippen LogP contribution in [-0.4, -0.2) is 22.4 Å². The molecule has 0 bridgehead atoms. The number of carbonyl (C=O) groups is 1. The molecule has 0 saturated heterocycles. The van der Waals surface area contributed by atoms with E-state index >= 15 is 0 Å². The fourth-order valence-electron chi connectivity index (χ4n) is 2.59. The molecule has 18 heavy (non-hydrogen) atoms. The van der Waals surface area contributed by atoms with Crippen LogP contribution in [0.4, 0.5) is 0 Å². The van der Waals surface area contributed by atoms with Crippen LogP contribution < -0.4 is 5.73 Å². The Kier molecular flexibility index (Phi) is 3.16. The number of amides is 1. The Morgan fingerprint density at radius 3 is 2.78 bits per heavy atom. The predicted molar refractivity (Wildman–Crippen MR) is 73.3 cm³/mol. The maximum Gasteiger partial charge on any atom is 0.224 e. The lowest BCUT2D eigenvalue weighted by molar-refractivity contribution is -0.134. The Bertz CT molecular complexity index is 421. The summed E-state index contributed by atoms with van der Waals surface area (Å²) in [6.45, 7) is 0.775. The van der Waals surface area contributed by atoms with Crippen molar-refractivity contribution in [2.24, 2.45) is 5.73 Å². The van der Waals surface area contributed by atoms with Crippen LogP contribution in [0.5, 0.6) is 0 Å². The summed E-state index contributed by atoms with van der Waals surface area (Å²) < 4.78 is 0. The van der Waals surface area contributed by atoms with Crippen LogP contribution in [-0.2, 0) is 11.3 Å². The van der Waals surface area contributed by atoms with E-state index in [1.54, 1.807) is 11.3 Å². The third-order valence-corrected chi connectivity index (χ3v) is 4.93. The first-order valence-electron chi connectivity index (χ1n) is 6.77. The number of thiophene rings is 1. The number of carbonyl (C=O) groups excluding carboxylic acids is 1. The Hall–Kier alpha value is -0.870. The molecule has 3 nitrogen and oxygen atoms in total. The van der Waals surface area contributed by atoms with E-state index in [0.717, 1.165) is 32.2 Å². The summed E-state index contributed by atoms with van der Waals surface area (Å²) in [7, 11) is 0. The van der Waals surface area contributed by atoms with E-state index in [9.17, 15) is 4.79 Å². The minimum atomic E-state index is -0.195. The van der Waals surface area contributed by atoms with Crippen molar-refractivity contribution in [3.8, 4) is 0 Å². The summed E-state index contributed by atoms with van der Waals surface area (Å²) in [5, 5.41) is 2.07. The van der Waals surface area contributed by atoms with E-state index in [0.29, 0.717) is 12.5 Å². The molecule has 2 N–H and O–H groups in total. The van der Waals surface area contributed by atoms with Gasteiger partial charge in [0.25, 0.3) is 0 Å². The van der Waals surface area contributed by atoms with Crippen molar-refractivity contribution < 1.29 is 4.79 Å². The van der Waals surface area contributed by atoms with Gasteiger partial charge in [-0.05, 0) is 43.6 Å². The minimum absolute atomic E-state index is 0.195. The Morgan fingerprint density at radius 1 is 1.50 bits per heavy atom. The molecule has 1 amide bonds. The largest absolute Gasteiger partial charge is 0.335 e. The highest BCUT2D eigenvalue weighted by Gasteiger charge is 2.39. The van der Waals surface area contributed by atoms with Gasteiger partial charge in [0.2, 0.25) is 5.91 Å². The van der Waals surface area contributed by atoms with Crippen molar-refractivity contribution in [1.82, 2.24) is 4.90 Å². The van der Waals surface area contributed by atoms with Gasteiger partial charge in [0.15, 0.2) is 0 Å². The normalized spacial score (nSPS) is 21.4. The Morgan fingerprint density at radius 2 is 2.28 bits per heavy atom. The van der Waals surface area contributed by atoms with E-state index in [2.05, 4.69) is 16.3 Å².